The van der Waals surface area contributed by atoms with Gasteiger partial charge in [0.1, 0.15) is 0 Å². The maximum atomic E-state index is 12.4. The second kappa shape index (κ2) is 6.22. The summed E-state index contributed by atoms with van der Waals surface area (Å²) >= 11 is 1.89. The van der Waals surface area contributed by atoms with Crippen LogP contribution in [0.25, 0.3) is 0 Å². The van der Waals surface area contributed by atoms with Crippen molar-refractivity contribution < 1.29 is 14.3 Å². The van der Waals surface area contributed by atoms with Gasteiger partial charge in [0.05, 0.1) is 10.9 Å². The molecule has 1 aromatic carbocycles. The van der Waals surface area contributed by atoms with E-state index in [9.17, 15) is 4.79 Å². The number of ether oxygens (including phenoxy) is 2. The summed E-state index contributed by atoms with van der Waals surface area (Å²) in [6.07, 6.45) is 2.15. The minimum Gasteiger partial charge on any atom is -0.454 e. The Labute approximate surface area is 139 Å². The van der Waals surface area contributed by atoms with Gasteiger partial charge in [-0.25, -0.2) is 0 Å². The number of benzene rings is 1. The van der Waals surface area contributed by atoms with E-state index in [1.807, 2.05) is 30.0 Å². The van der Waals surface area contributed by atoms with Crippen molar-refractivity contribution >= 4 is 17.7 Å². The summed E-state index contributed by atoms with van der Waals surface area (Å²) in [6, 6.07) is 5.66. The first kappa shape index (κ1) is 15.1. The van der Waals surface area contributed by atoms with E-state index in [0.29, 0.717) is 6.54 Å². The highest BCUT2D eigenvalue weighted by Crippen LogP contribution is 2.37. The highest BCUT2D eigenvalue weighted by molar-refractivity contribution is 8.01. The lowest BCUT2D eigenvalue weighted by molar-refractivity contribution is -0.122. The Balaban J connectivity index is 1.32. The van der Waals surface area contributed by atoms with Gasteiger partial charge in [0, 0.05) is 12.3 Å². The van der Waals surface area contributed by atoms with Gasteiger partial charge in [0.2, 0.25) is 12.7 Å². The number of amides is 1. The summed E-state index contributed by atoms with van der Waals surface area (Å²) in [5.74, 6) is 2.43. The molecule has 4 rings (SSSR count). The van der Waals surface area contributed by atoms with Crippen LogP contribution in [0.3, 0.4) is 0 Å². The van der Waals surface area contributed by atoms with Crippen LogP contribution < -0.4 is 25.4 Å². The Bertz CT molecular complexity index is 604. The molecule has 0 aromatic heterocycles. The van der Waals surface area contributed by atoms with Crippen molar-refractivity contribution in [3.63, 3.8) is 0 Å². The zero-order valence-corrected chi connectivity index (χ0v) is 13.7. The van der Waals surface area contributed by atoms with Crippen LogP contribution in [0.2, 0.25) is 0 Å². The van der Waals surface area contributed by atoms with E-state index in [-0.39, 0.29) is 23.6 Å². The van der Waals surface area contributed by atoms with E-state index >= 15 is 0 Å². The highest BCUT2D eigenvalue weighted by atomic mass is 32.2. The summed E-state index contributed by atoms with van der Waals surface area (Å²) in [5.41, 5.74) is 1.02. The van der Waals surface area contributed by atoms with E-state index in [4.69, 9.17) is 9.47 Å². The van der Waals surface area contributed by atoms with Crippen molar-refractivity contribution in [1.29, 1.82) is 0 Å². The summed E-state index contributed by atoms with van der Waals surface area (Å²) in [6.45, 7) is 2.81. The smallest absolute Gasteiger partial charge is 0.238 e. The van der Waals surface area contributed by atoms with E-state index in [1.165, 1.54) is 0 Å². The molecular formula is C16H21N3O3S. The van der Waals surface area contributed by atoms with Crippen LogP contribution in [0.4, 0.5) is 0 Å². The van der Waals surface area contributed by atoms with E-state index < -0.39 is 0 Å². The molecule has 1 atom stereocenters. The largest absolute Gasteiger partial charge is 0.454 e. The zero-order valence-electron chi connectivity index (χ0n) is 12.9. The van der Waals surface area contributed by atoms with Crippen LogP contribution >= 0.6 is 11.8 Å². The van der Waals surface area contributed by atoms with E-state index in [2.05, 4.69) is 16.0 Å². The monoisotopic (exact) mass is 335 g/mol. The van der Waals surface area contributed by atoms with E-state index in [0.717, 1.165) is 48.7 Å². The molecule has 1 spiro atoms. The van der Waals surface area contributed by atoms with Gasteiger partial charge in [-0.3, -0.25) is 10.1 Å². The number of fused-ring (bicyclic) bond motifs is 1. The van der Waals surface area contributed by atoms with Crippen LogP contribution in [0, 0.1) is 0 Å². The minimum absolute atomic E-state index is 0.0746. The molecule has 0 aliphatic carbocycles. The Morgan fingerprint density at radius 2 is 2.13 bits per heavy atom. The Kier molecular flexibility index (Phi) is 4.09. The molecule has 2 fully saturated rings. The topological polar surface area (TPSA) is 71.6 Å². The number of hydrogen-bond donors (Lipinski definition) is 3. The van der Waals surface area contributed by atoms with Gasteiger partial charge in [-0.1, -0.05) is 6.07 Å². The number of thioether (sulfide) groups is 1. The predicted molar refractivity (Wildman–Crippen MR) is 88.6 cm³/mol. The SMILES string of the molecule is O=C(NCc1ccc2c(c1)OCO2)[C@H]1CSC2(CCNCC2)N1. The molecule has 0 saturated carbocycles. The first-order chi connectivity index (χ1) is 11.2. The fraction of sp³-hybridized carbons (Fsp3) is 0.562. The second-order valence-electron chi connectivity index (χ2n) is 6.16. The second-order valence-corrected chi connectivity index (χ2v) is 7.56. The van der Waals surface area contributed by atoms with Gasteiger partial charge in [-0.15, -0.1) is 11.8 Å². The molecule has 0 unspecified atom stereocenters. The number of rotatable bonds is 3. The average molecular weight is 335 g/mol. The molecule has 7 heteroatoms. The predicted octanol–water partition coefficient (Wildman–Crippen LogP) is 0.816. The molecule has 23 heavy (non-hydrogen) atoms. The van der Waals surface area contributed by atoms with Crippen molar-refractivity contribution in [1.82, 2.24) is 16.0 Å². The number of carbonyl (C=O) groups is 1. The maximum absolute atomic E-state index is 12.4. The maximum Gasteiger partial charge on any atom is 0.238 e. The molecule has 0 radical (unpaired) electrons. The summed E-state index contributed by atoms with van der Waals surface area (Å²) in [4.78, 5) is 12.5. The fourth-order valence-electron chi connectivity index (χ4n) is 3.27. The van der Waals surface area contributed by atoms with Crippen LogP contribution in [0.15, 0.2) is 18.2 Å². The number of carbonyl (C=O) groups excluding carboxylic acids is 1. The van der Waals surface area contributed by atoms with Crippen molar-refractivity contribution in [2.45, 2.75) is 30.3 Å². The Morgan fingerprint density at radius 1 is 1.30 bits per heavy atom. The number of piperidine rings is 1. The third-order valence-electron chi connectivity index (χ3n) is 4.60. The van der Waals surface area contributed by atoms with Gasteiger partial charge >= 0.3 is 0 Å². The third kappa shape index (κ3) is 3.13. The first-order valence-corrected chi connectivity index (χ1v) is 9.01. The summed E-state index contributed by atoms with van der Waals surface area (Å²) in [7, 11) is 0. The number of hydrogen-bond acceptors (Lipinski definition) is 6. The van der Waals surface area contributed by atoms with E-state index in [1.54, 1.807) is 0 Å². The standard InChI is InChI=1S/C16H21N3O3S/c20-15(12-9-23-16(19-12)3-5-17-6-4-16)18-8-11-1-2-13-14(7-11)22-10-21-13/h1-2,7,12,17,19H,3-6,8-10H2,(H,18,20)/t12-/m1/s1. The van der Waals surface area contributed by atoms with Crippen LogP contribution in [-0.2, 0) is 11.3 Å². The Hall–Kier alpha value is -1.44. The molecule has 3 aliphatic rings. The molecule has 6 nitrogen and oxygen atoms in total. The fourth-order valence-corrected chi connectivity index (χ4v) is 4.71. The van der Waals surface area contributed by atoms with Gasteiger partial charge in [0.25, 0.3) is 0 Å². The van der Waals surface area contributed by atoms with Gasteiger partial charge in [-0.05, 0) is 43.6 Å². The van der Waals surface area contributed by atoms with Crippen molar-refractivity contribution in [3.8, 4) is 11.5 Å². The molecular weight excluding hydrogens is 314 g/mol. The number of nitrogens with one attached hydrogen (secondary N) is 3. The summed E-state index contributed by atoms with van der Waals surface area (Å²) < 4.78 is 10.7. The van der Waals surface area contributed by atoms with Crippen molar-refractivity contribution in [2.75, 3.05) is 25.6 Å². The highest BCUT2D eigenvalue weighted by Gasteiger charge is 2.42. The molecule has 2 saturated heterocycles. The van der Waals surface area contributed by atoms with Gasteiger partial charge in [0.15, 0.2) is 11.5 Å². The lowest BCUT2D eigenvalue weighted by atomic mass is 10.0. The zero-order chi connectivity index (χ0) is 15.7. The minimum atomic E-state index is -0.105. The lowest BCUT2D eigenvalue weighted by Gasteiger charge is -2.33. The average Bonchev–Trinajstić information content (AvgIpc) is 3.20. The molecule has 3 aliphatic heterocycles. The normalized spacial score (nSPS) is 24.8. The molecule has 3 N–H and O–H groups in total. The van der Waals surface area contributed by atoms with Gasteiger partial charge in [-0.2, -0.15) is 0 Å². The Morgan fingerprint density at radius 3 is 3.00 bits per heavy atom. The van der Waals surface area contributed by atoms with Crippen molar-refractivity contribution in [3.05, 3.63) is 23.8 Å². The quantitative estimate of drug-likeness (QED) is 0.760. The molecule has 3 heterocycles. The van der Waals surface area contributed by atoms with Crippen LogP contribution in [-0.4, -0.2) is 42.5 Å². The van der Waals surface area contributed by atoms with Crippen LogP contribution in [0.5, 0.6) is 11.5 Å². The molecule has 124 valence electrons. The van der Waals surface area contributed by atoms with Crippen molar-refractivity contribution in [2.24, 2.45) is 0 Å². The first-order valence-electron chi connectivity index (χ1n) is 8.03. The summed E-state index contributed by atoms with van der Waals surface area (Å²) in [5, 5.41) is 9.95. The molecule has 0 bridgehead atoms. The van der Waals surface area contributed by atoms with Gasteiger partial charge < -0.3 is 20.1 Å². The molecule has 1 amide bonds. The molecule has 1 aromatic rings. The van der Waals surface area contributed by atoms with Crippen LogP contribution in [0.1, 0.15) is 18.4 Å². The lowest BCUT2D eigenvalue weighted by Crippen LogP contribution is -2.52. The third-order valence-corrected chi connectivity index (χ3v) is 6.17.